The minimum absolute atomic E-state index is 0.251. The summed E-state index contributed by atoms with van der Waals surface area (Å²) in [5.74, 6) is 1.91. The quantitative estimate of drug-likeness (QED) is 0.513. The fourth-order valence-corrected chi connectivity index (χ4v) is 2.70. The summed E-state index contributed by atoms with van der Waals surface area (Å²) in [6.07, 6.45) is 1.18. The maximum absolute atomic E-state index is 9.87. The number of aryl methyl sites for hydroxylation is 1. The van der Waals surface area contributed by atoms with Crippen LogP contribution in [0.5, 0.6) is 5.75 Å². The molecule has 1 aromatic heterocycles. The molecule has 7 heteroatoms. The molecule has 0 saturated carbocycles. The molecule has 0 amide bonds. The Labute approximate surface area is 171 Å². The minimum atomic E-state index is -0.528. The highest BCUT2D eigenvalue weighted by molar-refractivity contribution is 5.60. The summed E-state index contributed by atoms with van der Waals surface area (Å²) in [7, 11) is 3.83. The monoisotopic (exact) mass is 393 g/mol. The Balaban J connectivity index is 1.56. The summed E-state index contributed by atoms with van der Waals surface area (Å²) in [4.78, 5) is 10.7. The molecule has 3 aromatic rings. The molecule has 0 saturated heterocycles. The molecule has 0 fully saturated rings. The van der Waals surface area contributed by atoms with Gasteiger partial charge in [-0.1, -0.05) is 17.7 Å². The minimum Gasteiger partial charge on any atom is -0.491 e. The second-order valence-corrected chi connectivity index (χ2v) is 7.13. The fraction of sp³-hybridized carbons (Fsp3) is 0.273. The highest BCUT2D eigenvalue weighted by Crippen LogP contribution is 2.20. The van der Waals surface area contributed by atoms with Crippen LogP contribution >= 0.6 is 0 Å². The largest absolute Gasteiger partial charge is 0.491 e. The highest BCUT2D eigenvalue weighted by Gasteiger charge is 2.07. The molecule has 0 radical (unpaired) electrons. The van der Waals surface area contributed by atoms with Gasteiger partial charge in [0.15, 0.2) is 0 Å². The average molecular weight is 393 g/mol. The van der Waals surface area contributed by atoms with E-state index >= 15 is 0 Å². The third-order valence-electron chi connectivity index (χ3n) is 4.11. The van der Waals surface area contributed by atoms with Gasteiger partial charge in [0.05, 0.1) is 0 Å². The van der Waals surface area contributed by atoms with Crippen molar-refractivity contribution in [2.45, 2.75) is 13.0 Å². The van der Waals surface area contributed by atoms with Crippen LogP contribution in [0, 0.1) is 6.92 Å². The molecule has 3 rings (SSSR count). The van der Waals surface area contributed by atoms with Crippen molar-refractivity contribution in [3.8, 4) is 5.75 Å². The molecular formula is C22H27N5O2. The summed E-state index contributed by atoms with van der Waals surface area (Å²) in [5.41, 5.74) is 3.03. The predicted octanol–water partition coefficient (Wildman–Crippen LogP) is 3.57. The average Bonchev–Trinajstić information content (AvgIpc) is 2.69. The molecular weight excluding hydrogens is 366 g/mol. The molecule has 152 valence electrons. The van der Waals surface area contributed by atoms with E-state index in [0.717, 1.165) is 11.4 Å². The van der Waals surface area contributed by atoms with Gasteiger partial charge in [0, 0.05) is 24.1 Å². The topological polar surface area (TPSA) is 82.5 Å². The van der Waals surface area contributed by atoms with Crippen molar-refractivity contribution in [1.29, 1.82) is 0 Å². The van der Waals surface area contributed by atoms with Gasteiger partial charge in [0.1, 0.15) is 24.3 Å². The lowest BCUT2D eigenvalue weighted by atomic mass is 10.2. The van der Waals surface area contributed by atoms with Crippen LogP contribution in [0.2, 0.25) is 0 Å². The molecule has 0 bridgehead atoms. The molecule has 2 aromatic carbocycles. The Morgan fingerprint density at radius 1 is 0.966 bits per heavy atom. The van der Waals surface area contributed by atoms with Gasteiger partial charge < -0.3 is 25.4 Å². The van der Waals surface area contributed by atoms with E-state index in [-0.39, 0.29) is 6.61 Å². The van der Waals surface area contributed by atoms with Gasteiger partial charge >= 0.3 is 0 Å². The van der Waals surface area contributed by atoms with Gasteiger partial charge in [0.25, 0.3) is 0 Å². The first-order chi connectivity index (χ1) is 14.0. The number of anilines is 4. The third kappa shape index (κ3) is 6.74. The number of rotatable bonds is 9. The molecule has 0 aliphatic heterocycles. The first-order valence-corrected chi connectivity index (χ1v) is 9.47. The van der Waals surface area contributed by atoms with E-state index in [0.29, 0.717) is 24.1 Å². The van der Waals surface area contributed by atoms with E-state index in [9.17, 15) is 5.11 Å². The van der Waals surface area contributed by atoms with Crippen LogP contribution in [0.4, 0.5) is 23.1 Å². The van der Waals surface area contributed by atoms with E-state index in [1.165, 1.54) is 5.56 Å². The van der Waals surface area contributed by atoms with Gasteiger partial charge in [-0.25, -0.2) is 4.98 Å². The summed E-state index contributed by atoms with van der Waals surface area (Å²) in [6, 6.07) is 17.4. The first-order valence-electron chi connectivity index (χ1n) is 9.47. The van der Waals surface area contributed by atoms with Crippen molar-refractivity contribution < 1.29 is 9.84 Å². The number of aliphatic hydroxyl groups excluding tert-OH is 1. The number of benzene rings is 2. The normalized spacial score (nSPS) is 11.9. The molecule has 1 atom stereocenters. The van der Waals surface area contributed by atoms with Crippen LogP contribution in [-0.4, -0.2) is 53.3 Å². The number of nitrogens with zero attached hydrogens (tertiary/aromatic N) is 3. The maximum atomic E-state index is 9.87. The summed E-state index contributed by atoms with van der Waals surface area (Å²) < 4.78 is 5.62. The lowest BCUT2D eigenvalue weighted by molar-refractivity contribution is 0.0831. The Hall–Kier alpha value is -3.16. The van der Waals surface area contributed by atoms with Crippen molar-refractivity contribution >= 4 is 23.1 Å². The lowest BCUT2D eigenvalue weighted by Crippen LogP contribution is -2.30. The van der Waals surface area contributed by atoms with Crippen LogP contribution in [0.15, 0.2) is 60.8 Å². The van der Waals surface area contributed by atoms with Crippen molar-refractivity contribution in [3.05, 3.63) is 66.4 Å². The number of aliphatic hydroxyl groups is 1. The van der Waals surface area contributed by atoms with Crippen molar-refractivity contribution in [3.63, 3.8) is 0 Å². The fourth-order valence-electron chi connectivity index (χ4n) is 2.70. The third-order valence-corrected chi connectivity index (χ3v) is 4.11. The van der Waals surface area contributed by atoms with E-state index in [1.807, 2.05) is 73.6 Å². The molecule has 0 spiro atoms. The summed E-state index contributed by atoms with van der Waals surface area (Å²) in [6.45, 7) is 2.86. The van der Waals surface area contributed by atoms with Crippen molar-refractivity contribution in [1.82, 2.24) is 14.9 Å². The molecule has 29 heavy (non-hydrogen) atoms. The van der Waals surface area contributed by atoms with Gasteiger partial charge in [0.2, 0.25) is 5.95 Å². The molecule has 1 unspecified atom stereocenters. The maximum Gasteiger partial charge on any atom is 0.229 e. The van der Waals surface area contributed by atoms with Crippen molar-refractivity contribution in [2.75, 3.05) is 37.9 Å². The number of aromatic nitrogens is 2. The molecule has 3 N–H and O–H groups in total. The molecule has 7 nitrogen and oxygen atoms in total. The molecule has 1 heterocycles. The zero-order valence-corrected chi connectivity index (χ0v) is 17.0. The zero-order valence-electron chi connectivity index (χ0n) is 17.0. The van der Waals surface area contributed by atoms with Gasteiger partial charge in [-0.15, -0.1) is 0 Å². The Bertz CT molecular complexity index is 898. The number of nitrogens with one attached hydrogen (secondary N) is 2. The summed E-state index contributed by atoms with van der Waals surface area (Å²) >= 11 is 0. The van der Waals surface area contributed by atoms with Crippen molar-refractivity contribution in [2.24, 2.45) is 0 Å². The van der Waals surface area contributed by atoms with Gasteiger partial charge in [-0.05, 0) is 63.5 Å². The second kappa shape index (κ2) is 9.86. The van der Waals surface area contributed by atoms with Crippen LogP contribution in [-0.2, 0) is 0 Å². The van der Waals surface area contributed by atoms with Crippen LogP contribution in [0.1, 0.15) is 5.56 Å². The van der Waals surface area contributed by atoms with E-state index < -0.39 is 6.10 Å². The standard InChI is InChI=1S/C22H27N5O2/c1-16-4-6-17(7-5-16)24-21-12-13-23-22(26-21)25-18-8-10-20(11-9-18)29-15-19(28)14-27(2)3/h4-13,19,28H,14-15H2,1-3H3,(H2,23,24,25,26). The number of hydrogen-bond acceptors (Lipinski definition) is 7. The summed E-state index contributed by atoms with van der Waals surface area (Å²) in [5, 5.41) is 16.3. The Kier molecular flexibility index (Phi) is 6.99. The van der Waals surface area contributed by atoms with E-state index in [4.69, 9.17) is 4.74 Å². The number of hydrogen-bond donors (Lipinski definition) is 3. The zero-order chi connectivity index (χ0) is 20.6. The van der Waals surface area contributed by atoms with Crippen LogP contribution < -0.4 is 15.4 Å². The lowest BCUT2D eigenvalue weighted by Gasteiger charge is -2.16. The van der Waals surface area contributed by atoms with Gasteiger partial charge in [-0.3, -0.25) is 0 Å². The Morgan fingerprint density at radius 2 is 1.62 bits per heavy atom. The van der Waals surface area contributed by atoms with Gasteiger partial charge in [-0.2, -0.15) is 4.98 Å². The SMILES string of the molecule is Cc1ccc(Nc2ccnc(Nc3ccc(OCC(O)CN(C)C)cc3)n2)cc1. The number of ether oxygens (including phenoxy) is 1. The second-order valence-electron chi connectivity index (χ2n) is 7.13. The highest BCUT2D eigenvalue weighted by atomic mass is 16.5. The molecule has 0 aliphatic carbocycles. The number of likely N-dealkylation sites (N-methyl/N-ethyl adjacent to an activating group) is 1. The Morgan fingerprint density at radius 3 is 2.31 bits per heavy atom. The smallest absolute Gasteiger partial charge is 0.229 e. The predicted molar refractivity (Wildman–Crippen MR) is 116 cm³/mol. The van der Waals surface area contributed by atoms with E-state index in [1.54, 1.807) is 6.20 Å². The first kappa shape index (κ1) is 20.6. The molecule has 0 aliphatic rings. The van der Waals surface area contributed by atoms with Crippen LogP contribution in [0.25, 0.3) is 0 Å². The van der Waals surface area contributed by atoms with Crippen LogP contribution in [0.3, 0.4) is 0 Å². The van der Waals surface area contributed by atoms with E-state index in [2.05, 4.69) is 27.5 Å².